The van der Waals surface area contributed by atoms with Crippen molar-refractivity contribution in [3.05, 3.63) is 36.3 Å². The number of halogens is 1. The highest BCUT2D eigenvalue weighted by molar-refractivity contribution is 7.99. The van der Waals surface area contributed by atoms with Crippen LogP contribution in [0.3, 0.4) is 0 Å². The molecule has 128 valence electrons. The number of oxazole rings is 1. The number of carbonyl (C=O) groups is 1. The van der Waals surface area contributed by atoms with Gasteiger partial charge in [-0.05, 0) is 57.4 Å². The van der Waals surface area contributed by atoms with Crippen molar-refractivity contribution < 1.29 is 13.6 Å². The summed E-state index contributed by atoms with van der Waals surface area (Å²) < 4.78 is 18.6. The first-order chi connectivity index (χ1) is 11.5. The van der Waals surface area contributed by atoms with Crippen LogP contribution >= 0.6 is 11.8 Å². The zero-order chi connectivity index (χ0) is 17.1. The number of amides is 1. The standard InChI is InChI=1S/C18H21FN2O2S/c1-12-4-3-5-13(2)21(12)17(22)11-24-18-20-10-16(23-18)14-6-8-15(19)9-7-14/h6-10,12-13H,3-5,11H2,1-2H3. The summed E-state index contributed by atoms with van der Waals surface area (Å²) in [6.07, 6.45) is 4.91. The van der Waals surface area contributed by atoms with E-state index in [1.807, 2.05) is 4.90 Å². The van der Waals surface area contributed by atoms with E-state index in [-0.39, 0.29) is 11.7 Å². The molecule has 0 spiro atoms. The van der Waals surface area contributed by atoms with Gasteiger partial charge in [0.05, 0.1) is 11.9 Å². The number of likely N-dealkylation sites (tertiary alicyclic amines) is 1. The van der Waals surface area contributed by atoms with Gasteiger partial charge in [0, 0.05) is 17.6 Å². The lowest BCUT2D eigenvalue weighted by Crippen LogP contribution is -2.48. The van der Waals surface area contributed by atoms with E-state index in [2.05, 4.69) is 18.8 Å². The quantitative estimate of drug-likeness (QED) is 0.770. The summed E-state index contributed by atoms with van der Waals surface area (Å²) in [5.41, 5.74) is 0.764. The summed E-state index contributed by atoms with van der Waals surface area (Å²) >= 11 is 1.30. The number of rotatable bonds is 4. The Kier molecular flexibility index (Phi) is 5.23. The van der Waals surface area contributed by atoms with Crippen molar-refractivity contribution in [1.29, 1.82) is 0 Å². The fourth-order valence-electron chi connectivity index (χ4n) is 3.18. The average Bonchev–Trinajstić information content (AvgIpc) is 3.02. The second-order valence-electron chi connectivity index (χ2n) is 6.22. The SMILES string of the molecule is CC1CCCC(C)N1C(=O)CSc1ncc(-c2ccc(F)cc2)o1. The first-order valence-corrected chi connectivity index (χ1v) is 9.19. The summed E-state index contributed by atoms with van der Waals surface area (Å²) in [6, 6.07) is 6.64. The van der Waals surface area contributed by atoms with Crippen LogP contribution in [0.25, 0.3) is 11.3 Å². The predicted octanol–water partition coefficient (Wildman–Crippen LogP) is 4.36. The molecule has 0 saturated carbocycles. The van der Waals surface area contributed by atoms with Crippen LogP contribution in [0.1, 0.15) is 33.1 Å². The molecule has 6 heteroatoms. The molecule has 1 aromatic carbocycles. The lowest BCUT2D eigenvalue weighted by atomic mass is 9.98. The number of thioether (sulfide) groups is 1. The summed E-state index contributed by atoms with van der Waals surface area (Å²) in [6.45, 7) is 4.21. The smallest absolute Gasteiger partial charge is 0.256 e. The van der Waals surface area contributed by atoms with Crippen LogP contribution in [0.15, 0.2) is 40.1 Å². The lowest BCUT2D eigenvalue weighted by Gasteiger charge is -2.39. The van der Waals surface area contributed by atoms with Gasteiger partial charge in [-0.25, -0.2) is 9.37 Å². The maximum absolute atomic E-state index is 13.0. The van der Waals surface area contributed by atoms with Crippen LogP contribution in [0, 0.1) is 5.82 Å². The van der Waals surface area contributed by atoms with Gasteiger partial charge in [0.2, 0.25) is 5.91 Å². The zero-order valence-electron chi connectivity index (χ0n) is 13.9. The van der Waals surface area contributed by atoms with Crippen LogP contribution < -0.4 is 0 Å². The van der Waals surface area contributed by atoms with Gasteiger partial charge in [0.15, 0.2) is 5.76 Å². The molecule has 2 unspecified atom stereocenters. The molecule has 0 N–H and O–H groups in total. The number of hydrogen-bond donors (Lipinski definition) is 0. The monoisotopic (exact) mass is 348 g/mol. The fourth-order valence-corrected chi connectivity index (χ4v) is 3.86. The number of hydrogen-bond acceptors (Lipinski definition) is 4. The topological polar surface area (TPSA) is 46.3 Å². The maximum Gasteiger partial charge on any atom is 0.256 e. The summed E-state index contributed by atoms with van der Waals surface area (Å²) in [4.78, 5) is 18.7. The van der Waals surface area contributed by atoms with Crippen LogP contribution in [-0.4, -0.2) is 33.6 Å². The molecule has 0 aliphatic carbocycles. The highest BCUT2D eigenvalue weighted by Gasteiger charge is 2.28. The van der Waals surface area contributed by atoms with Gasteiger partial charge in [0.25, 0.3) is 5.22 Å². The Morgan fingerprint density at radius 2 is 1.96 bits per heavy atom. The van der Waals surface area contributed by atoms with Crippen LogP contribution in [-0.2, 0) is 4.79 Å². The molecule has 2 atom stereocenters. The van der Waals surface area contributed by atoms with E-state index in [1.165, 1.54) is 30.3 Å². The third kappa shape index (κ3) is 3.80. The summed E-state index contributed by atoms with van der Waals surface area (Å²) in [5, 5.41) is 0.458. The van der Waals surface area contributed by atoms with E-state index in [9.17, 15) is 9.18 Å². The minimum atomic E-state index is -0.289. The molecule has 4 nitrogen and oxygen atoms in total. The molecule has 1 aliphatic heterocycles. The third-order valence-electron chi connectivity index (χ3n) is 4.41. The fraction of sp³-hybridized carbons (Fsp3) is 0.444. The molecule has 24 heavy (non-hydrogen) atoms. The molecule has 2 aromatic rings. The molecule has 0 bridgehead atoms. The van der Waals surface area contributed by atoms with Gasteiger partial charge in [0.1, 0.15) is 5.82 Å². The molecule has 1 fully saturated rings. The highest BCUT2D eigenvalue weighted by atomic mass is 32.2. The van der Waals surface area contributed by atoms with E-state index in [0.29, 0.717) is 28.8 Å². The molecule has 1 amide bonds. The van der Waals surface area contributed by atoms with Gasteiger partial charge >= 0.3 is 0 Å². The second-order valence-corrected chi connectivity index (χ2v) is 7.14. The van der Waals surface area contributed by atoms with Crippen LogP contribution in [0.2, 0.25) is 0 Å². The predicted molar refractivity (Wildman–Crippen MR) is 92.2 cm³/mol. The first-order valence-electron chi connectivity index (χ1n) is 8.20. The first kappa shape index (κ1) is 17.0. The molecular weight excluding hydrogens is 327 g/mol. The normalized spacial score (nSPS) is 21.0. The van der Waals surface area contributed by atoms with E-state index < -0.39 is 0 Å². The molecular formula is C18H21FN2O2S. The van der Waals surface area contributed by atoms with Crippen molar-refractivity contribution >= 4 is 17.7 Å². The minimum Gasteiger partial charge on any atom is -0.431 e. The van der Waals surface area contributed by atoms with Gasteiger partial charge in [-0.2, -0.15) is 0 Å². The number of piperidine rings is 1. The Bertz CT molecular complexity index is 691. The van der Waals surface area contributed by atoms with E-state index in [1.54, 1.807) is 18.3 Å². The second kappa shape index (κ2) is 7.38. The number of nitrogens with zero attached hydrogens (tertiary/aromatic N) is 2. The average molecular weight is 348 g/mol. The van der Waals surface area contributed by atoms with Crippen molar-refractivity contribution in [2.24, 2.45) is 0 Å². The molecule has 3 rings (SSSR count). The Morgan fingerprint density at radius 1 is 1.29 bits per heavy atom. The summed E-state index contributed by atoms with van der Waals surface area (Å²) in [7, 11) is 0. The van der Waals surface area contributed by atoms with E-state index >= 15 is 0 Å². The molecule has 0 radical (unpaired) electrons. The van der Waals surface area contributed by atoms with Gasteiger partial charge < -0.3 is 9.32 Å². The Hall–Kier alpha value is -1.82. The van der Waals surface area contributed by atoms with Crippen molar-refractivity contribution in [2.75, 3.05) is 5.75 Å². The maximum atomic E-state index is 13.0. The zero-order valence-corrected chi connectivity index (χ0v) is 14.7. The Balaban J connectivity index is 1.61. The van der Waals surface area contributed by atoms with E-state index in [4.69, 9.17) is 4.42 Å². The third-order valence-corrected chi connectivity index (χ3v) is 5.24. The van der Waals surface area contributed by atoms with Crippen molar-refractivity contribution in [1.82, 2.24) is 9.88 Å². The summed E-state index contributed by atoms with van der Waals surface area (Å²) in [5.74, 6) is 0.729. The van der Waals surface area contributed by atoms with Gasteiger partial charge in [-0.15, -0.1) is 0 Å². The molecule has 1 aromatic heterocycles. The molecule has 1 aliphatic rings. The van der Waals surface area contributed by atoms with Crippen LogP contribution in [0.5, 0.6) is 0 Å². The van der Waals surface area contributed by atoms with Gasteiger partial charge in [-0.3, -0.25) is 4.79 Å². The van der Waals surface area contributed by atoms with Crippen molar-refractivity contribution in [3.8, 4) is 11.3 Å². The highest BCUT2D eigenvalue weighted by Crippen LogP contribution is 2.28. The molecule has 2 heterocycles. The Labute approximate surface area is 145 Å². The van der Waals surface area contributed by atoms with Crippen molar-refractivity contribution in [2.45, 2.75) is 50.4 Å². The van der Waals surface area contributed by atoms with Crippen molar-refractivity contribution in [3.63, 3.8) is 0 Å². The lowest BCUT2D eigenvalue weighted by molar-refractivity contribution is -0.134. The number of benzene rings is 1. The Morgan fingerprint density at radius 3 is 2.62 bits per heavy atom. The van der Waals surface area contributed by atoms with Gasteiger partial charge in [-0.1, -0.05) is 11.8 Å². The largest absolute Gasteiger partial charge is 0.431 e. The van der Waals surface area contributed by atoms with Crippen LogP contribution in [0.4, 0.5) is 4.39 Å². The number of aromatic nitrogens is 1. The minimum absolute atomic E-state index is 0.126. The number of carbonyl (C=O) groups excluding carboxylic acids is 1. The molecule has 1 saturated heterocycles. The van der Waals surface area contributed by atoms with E-state index in [0.717, 1.165) is 18.4 Å².